The number of hydrogen-bond acceptors (Lipinski definition) is 4. The van der Waals surface area contributed by atoms with Gasteiger partial charge in [0.05, 0.1) is 16.5 Å². The predicted molar refractivity (Wildman–Crippen MR) is 87.1 cm³/mol. The van der Waals surface area contributed by atoms with E-state index in [1.54, 1.807) is 19.3 Å². The highest BCUT2D eigenvalue weighted by Gasteiger charge is 2.16. The third-order valence-corrected chi connectivity index (χ3v) is 3.77. The highest BCUT2D eigenvalue weighted by atomic mass is 16.1. The molecule has 0 fully saturated rings. The van der Waals surface area contributed by atoms with E-state index in [1.165, 1.54) is 0 Å². The molecule has 1 amide bonds. The van der Waals surface area contributed by atoms with Crippen molar-refractivity contribution in [2.45, 2.75) is 6.92 Å². The molecule has 114 valence electrons. The lowest BCUT2D eigenvalue weighted by Gasteiger charge is -1.99. The van der Waals surface area contributed by atoms with Gasteiger partial charge in [-0.3, -0.25) is 9.89 Å². The Hall–Kier alpha value is -3.22. The number of rotatable bonds is 2. The molecular weight excluding hydrogens is 292 g/mol. The highest BCUT2D eigenvalue weighted by Crippen LogP contribution is 2.27. The zero-order valence-corrected chi connectivity index (χ0v) is 12.6. The average molecular weight is 306 g/mol. The summed E-state index contributed by atoms with van der Waals surface area (Å²) < 4.78 is 0. The minimum absolute atomic E-state index is 0.166. The van der Waals surface area contributed by atoms with Crippen molar-refractivity contribution in [3.8, 4) is 11.5 Å². The summed E-state index contributed by atoms with van der Waals surface area (Å²) in [6.07, 6.45) is 1.77. The number of pyridine rings is 1. The quantitative estimate of drug-likeness (QED) is 0.528. The Morgan fingerprint density at radius 2 is 2.17 bits per heavy atom. The number of aryl methyl sites for hydroxylation is 1. The summed E-state index contributed by atoms with van der Waals surface area (Å²) in [6, 6.07) is 7.47. The lowest BCUT2D eigenvalue weighted by atomic mass is 10.2. The maximum absolute atomic E-state index is 12.0. The maximum atomic E-state index is 12.0. The van der Waals surface area contributed by atoms with Gasteiger partial charge in [-0.15, -0.1) is 0 Å². The third kappa shape index (κ3) is 2.05. The van der Waals surface area contributed by atoms with E-state index in [9.17, 15) is 4.79 Å². The standard InChI is InChI=1S/C16H14N6O/c1-8-6-10-13(21-22-14(10)18-7-8)15-19-11-5-3-4-9(12(11)20-15)16(23)17-2/h3-7H,1-2H3,(H,17,23)(H,19,20)(H,18,21,22). The predicted octanol–water partition coefficient (Wildman–Crippen LogP) is 2.17. The van der Waals surface area contributed by atoms with Gasteiger partial charge in [0.25, 0.3) is 5.91 Å². The van der Waals surface area contributed by atoms with Crippen molar-refractivity contribution in [2.75, 3.05) is 7.05 Å². The van der Waals surface area contributed by atoms with E-state index >= 15 is 0 Å². The fourth-order valence-electron chi connectivity index (χ4n) is 2.65. The van der Waals surface area contributed by atoms with Gasteiger partial charge in [0.15, 0.2) is 11.5 Å². The number of amides is 1. The Labute approximate surface area is 131 Å². The van der Waals surface area contributed by atoms with E-state index in [2.05, 4.69) is 30.5 Å². The summed E-state index contributed by atoms with van der Waals surface area (Å²) in [6.45, 7) is 1.98. The van der Waals surface area contributed by atoms with Crippen LogP contribution in [0.3, 0.4) is 0 Å². The average Bonchev–Trinajstić information content (AvgIpc) is 3.16. The van der Waals surface area contributed by atoms with Crippen LogP contribution in [-0.2, 0) is 0 Å². The van der Waals surface area contributed by atoms with Crippen molar-refractivity contribution >= 4 is 28.0 Å². The Morgan fingerprint density at radius 3 is 3.00 bits per heavy atom. The number of nitrogens with one attached hydrogen (secondary N) is 3. The highest BCUT2D eigenvalue weighted by molar-refractivity contribution is 6.05. The first-order valence-electron chi connectivity index (χ1n) is 7.19. The van der Waals surface area contributed by atoms with Crippen LogP contribution in [0.5, 0.6) is 0 Å². The number of benzene rings is 1. The van der Waals surface area contributed by atoms with Crippen molar-refractivity contribution in [3.05, 3.63) is 41.6 Å². The van der Waals surface area contributed by atoms with E-state index in [4.69, 9.17) is 0 Å². The molecule has 0 unspecified atom stereocenters. The van der Waals surface area contributed by atoms with Gasteiger partial charge in [-0.2, -0.15) is 5.10 Å². The summed E-state index contributed by atoms with van der Waals surface area (Å²) >= 11 is 0. The van der Waals surface area contributed by atoms with E-state index < -0.39 is 0 Å². The van der Waals surface area contributed by atoms with Crippen LogP contribution in [0.1, 0.15) is 15.9 Å². The molecule has 3 heterocycles. The van der Waals surface area contributed by atoms with Gasteiger partial charge in [-0.05, 0) is 30.7 Å². The van der Waals surface area contributed by atoms with Gasteiger partial charge < -0.3 is 10.3 Å². The maximum Gasteiger partial charge on any atom is 0.253 e. The molecule has 4 rings (SSSR count). The van der Waals surface area contributed by atoms with Crippen LogP contribution in [0.2, 0.25) is 0 Å². The van der Waals surface area contributed by atoms with Crippen LogP contribution in [0.25, 0.3) is 33.6 Å². The van der Waals surface area contributed by atoms with Crippen LogP contribution >= 0.6 is 0 Å². The molecule has 0 aliphatic rings. The van der Waals surface area contributed by atoms with Gasteiger partial charge in [0, 0.05) is 13.2 Å². The number of imidazole rings is 1. The van der Waals surface area contributed by atoms with Gasteiger partial charge in [-0.1, -0.05) is 6.07 Å². The number of carbonyl (C=O) groups excluding carboxylic acids is 1. The molecule has 0 spiro atoms. The second kappa shape index (κ2) is 4.91. The molecule has 0 aliphatic carbocycles. The second-order valence-electron chi connectivity index (χ2n) is 5.35. The Bertz CT molecular complexity index is 1050. The summed E-state index contributed by atoms with van der Waals surface area (Å²) in [7, 11) is 1.60. The van der Waals surface area contributed by atoms with Crippen LogP contribution < -0.4 is 5.32 Å². The molecule has 1 aromatic carbocycles. The van der Waals surface area contributed by atoms with Crippen LogP contribution in [0.4, 0.5) is 0 Å². The fraction of sp³-hybridized carbons (Fsp3) is 0.125. The molecule has 7 heteroatoms. The summed E-state index contributed by atoms with van der Waals surface area (Å²) in [5.74, 6) is 0.465. The number of aromatic nitrogens is 5. The molecule has 0 aliphatic heterocycles. The Kier molecular flexibility index (Phi) is 2.87. The van der Waals surface area contributed by atoms with Gasteiger partial charge in [-0.25, -0.2) is 9.97 Å². The molecule has 0 saturated heterocycles. The number of para-hydroxylation sites is 1. The van der Waals surface area contributed by atoms with Gasteiger partial charge in [0.2, 0.25) is 0 Å². The van der Waals surface area contributed by atoms with Crippen LogP contribution in [0, 0.1) is 6.92 Å². The molecule has 4 aromatic rings. The van der Waals surface area contributed by atoms with E-state index in [0.29, 0.717) is 22.6 Å². The van der Waals surface area contributed by atoms with Crippen molar-refractivity contribution in [3.63, 3.8) is 0 Å². The normalized spacial score (nSPS) is 11.2. The third-order valence-electron chi connectivity index (χ3n) is 3.77. The van der Waals surface area contributed by atoms with Crippen molar-refractivity contribution in [1.29, 1.82) is 0 Å². The summed E-state index contributed by atoms with van der Waals surface area (Å²) in [5.41, 5.74) is 4.40. The Morgan fingerprint density at radius 1 is 1.30 bits per heavy atom. The van der Waals surface area contributed by atoms with E-state index in [1.807, 2.05) is 25.1 Å². The largest absolute Gasteiger partial charge is 0.355 e. The Balaban J connectivity index is 1.95. The molecular formula is C16H14N6O. The number of hydrogen-bond donors (Lipinski definition) is 3. The van der Waals surface area contributed by atoms with Crippen molar-refractivity contribution in [2.24, 2.45) is 0 Å². The first-order valence-corrected chi connectivity index (χ1v) is 7.19. The monoisotopic (exact) mass is 306 g/mol. The number of nitrogens with zero attached hydrogens (tertiary/aromatic N) is 3. The smallest absolute Gasteiger partial charge is 0.253 e. The molecule has 0 radical (unpaired) electrons. The molecule has 3 N–H and O–H groups in total. The van der Waals surface area contributed by atoms with Crippen molar-refractivity contribution < 1.29 is 4.79 Å². The number of carbonyl (C=O) groups is 1. The lowest BCUT2D eigenvalue weighted by molar-refractivity contribution is 0.0964. The van der Waals surface area contributed by atoms with Crippen LogP contribution in [-0.4, -0.2) is 38.1 Å². The number of fused-ring (bicyclic) bond motifs is 2. The molecule has 0 bridgehead atoms. The molecule has 7 nitrogen and oxygen atoms in total. The van der Waals surface area contributed by atoms with Gasteiger partial charge >= 0.3 is 0 Å². The first kappa shape index (κ1) is 13.4. The SMILES string of the molecule is CNC(=O)c1cccc2[nH]c(-c3[nH]nc4ncc(C)cc34)nc12. The first-order chi connectivity index (χ1) is 11.2. The summed E-state index contributed by atoms with van der Waals surface area (Å²) in [4.78, 5) is 24.1. The topological polar surface area (TPSA) is 99.3 Å². The van der Waals surface area contributed by atoms with Crippen molar-refractivity contribution in [1.82, 2.24) is 30.5 Å². The van der Waals surface area contributed by atoms with Crippen LogP contribution in [0.15, 0.2) is 30.5 Å². The summed E-state index contributed by atoms with van der Waals surface area (Å²) in [5, 5.41) is 10.7. The molecule has 0 saturated carbocycles. The van der Waals surface area contributed by atoms with E-state index in [-0.39, 0.29) is 5.91 Å². The lowest BCUT2D eigenvalue weighted by Crippen LogP contribution is -2.18. The fourth-order valence-corrected chi connectivity index (χ4v) is 2.65. The molecule has 23 heavy (non-hydrogen) atoms. The number of H-pyrrole nitrogens is 2. The molecule has 0 atom stereocenters. The second-order valence-corrected chi connectivity index (χ2v) is 5.35. The zero-order chi connectivity index (χ0) is 16.0. The minimum atomic E-state index is -0.166. The minimum Gasteiger partial charge on any atom is -0.355 e. The number of aromatic amines is 2. The molecule has 3 aromatic heterocycles. The van der Waals surface area contributed by atoms with E-state index in [0.717, 1.165) is 22.2 Å². The van der Waals surface area contributed by atoms with Gasteiger partial charge in [0.1, 0.15) is 11.2 Å². The zero-order valence-electron chi connectivity index (χ0n) is 12.6.